The van der Waals surface area contributed by atoms with Crippen molar-refractivity contribution in [1.29, 1.82) is 0 Å². The average molecular weight is 272 g/mol. The molecule has 0 saturated heterocycles. The van der Waals surface area contributed by atoms with Gasteiger partial charge in [0.05, 0.1) is 6.61 Å². The van der Waals surface area contributed by atoms with Gasteiger partial charge in [-0.05, 0) is 6.42 Å². The Hall–Kier alpha value is -1.10. The van der Waals surface area contributed by atoms with E-state index in [0.29, 0.717) is 19.7 Å². The van der Waals surface area contributed by atoms with Gasteiger partial charge in [0.2, 0.25) is 0 Å². The molecular weight excluding hydrogens is 244 g/mol. The maximum absolute atomic E-state index is 11.3. The van der Waals surface area contributed by atoms with Crippen LogP contribution in [-0.4, -0.2) is 38.6 Å². The number of unbranched alkanes of at least 4 members (excludes halogenated alkanes) is 6. The third kappa shape index (κ3) is 11.7. The van der Waals surface area contributed by atoms with Crippen LogP contribution in [0.15, 0.2) is 0 Å². The second-order valence-electron chi connectivity index (χ2n) is 4.63. The first-order valence-corrected chi connectivity index (χ1v) is 7.27. The van der Waals surface area contributed by atoms with Gasteiger partial charge in [0.1, 0.15) is 0 Å². The quantitative estimate of drug-likeness (QED) is 0.443. The number of nitrogens with one attached hydrogen (secondary N) is 2. The van der Waals surface area contributed by atoms with Crippen molar-refractivity contribution in [3.63, 3.8) is 0 Å². The van der Waals surface area contributed by atoms with Crippen LogP contribution >= 0.6 is 0 Å². The lowest BCUT2D eigenvalue weighted by molar-refractivity contribution is -0.139. The molecule has 2 amide bonds. The van der Waals surface area contributed by atoms with Gasteiger partial charge in [-0.1, -0.05) is 45.4 Å². The predicted molar refractivity (Wildman–Crippen MR) is 75.9 cm³/mol. The van der Waals surface area contributed by atoms with Gasteiger partial charge in [0.25, 0.3) is 0 Å². The van der Waals surface area contributed by atoms with Gasteiger partial charge in [-0.2, -0.15) is 0 Å². The minimum atomic E-state index is -0.583. The first-order valence-electron chi connectivity index (χ1n) is 7.27. The summed E-state index contributed by atoms with van der Waals surface area (Å²) in [7, 11) is 1.55. The molecule has 0 aliphatic carbocycles. The van der Waals surface area contributed by atoms with Crippen molar-refractivity contribution in [2.24, 2.45) is 0 Å². The topological polar surface area (TPSA) is 67.4 Å². The Labute approximate surface area is 116 Å². The number of methoxy groups -OCH3 is 1. The van der Waals surface area contributed by atoms with Crippen LogP contribution in [0, 0.1) is 0 Å². The van der Waals surface area contributed by atoms with Crippen LogP contribution in [-0.2, 0) is 14.3 Å². The van der Waals surface area contributed by atoms with Crippen molar-refractivity contribution < 1.29 is 14.3 Å². The van der Waals surface area contributed by atoms with Crippen molar-refractivity contribution in [3.8, 4) is 0 Å². The molecule has 0 radical (unpaired) electrons. The Morgan fingerprint density at radius 2 is 1.37 bits per heavy atom. The van der Waals surface area contributed by atoms with Crippen molar-refractivity contribution in [3.05, 3.63) is 0 Å². The van der Waals surface area contributed by atoms with Crippen LogP contribution in [0.5, 0.6) is 0 Å². The summed E-state index contributed by atoms with van der Waals surface area (Å²) >= 11 is 0. The number of carbonyl (C=O) groups is 2. The summed E-state index contributed by atoms with van der Waals surface area (Å²) in [5.74, 6) is -1.14. The molecule has 0 aliphatic rings. The third-order valence-electron chi connectivity index (χ3n) is 2.86. The van der Waals surface area contributed by atoms with Crippen LogP contribution in [0.1, 0.15) is 51.9 Å². The molecule has 5 heteroatoms. The molecule has 0 rings (SSSR count). The zero-order chi connectivity index (χ0) is 14.3. The number of hydrogen-bond acceptors (Lipinski definition) is 3. The number of carbonyl (C=O) groups excluding carboxylic acids is 2. The lowest BCUT2D eigenvalue weighted by Crippen LogP contribution is -2.41. The second kappa shape index (κ2) is 13.3. The summed E-state index contributed by atoms with van der Waals surface area (Å²) < 4.78 is 4.78. The molecule has 0 atom stereocenters. The zero-order valence-corrected chi connectivity index (χ0v) is 12.3. The molecule has 0 fully saturated rings. The molecule has 2 N–H and O–H groups in total. The first kappa shape index (κ1) is 17.9. The summed E-state index contributed by atoms with van der Waals surface area (Å²) in [6.07, 6.45) is 8.37. The number of rotatable bonds is 11. The van der Waals surface area contributed by atoms with Gasteiger partial charge < -0.3 is 15.4 Å². The summed E-state index contributed by atoms with van der Waals surface area (Å²) in [6, 6.07) is 0. The molecule has 0 heterocycles. The molecule has 0 unspecified atom stereocenters. The highest BCUT2D eigenvalue weighted by molar-refractivity contribution is 6.35. The highest BCUT2D eigenvalue weighted by Crippen LogP contribution is 2.06. The van der Waals surface area contributed by atoms with E-state index >= 15 is 0 Å². The van der Waals surface area contributed by atoms with Gasteiger partial charge in [-0.25, -0.2) is 0 Å². The van der Waals surface area contributed by atoms with E-state index in [1.807, 2.05) is 0 Å². The minimum absolute atomic E-state index is 0.361. The Kier molecular flexibility index (Phi) is 12.6. The fraction of sp³-hybridized carbons (Fsp3) is 0.857. The van der Waals surface area contributed by atoms with E-state index in [1.165, 1.54) is 32.1 Å². The summed E-state index contributed by atoms with van der Waals surface area (Å²) in [5, 5.41) is 5.10. The van der Waals surface area contributed by atoms with Crippen LogP contribution in [0.2, 0.25) is 0 Å². The predicted octanol–water partition coefficient (Wildman–Crippen LogP) is 1.62. The van der Waals surface area contributed by atoms with Gasteiger partial charge in [0.15, 0.2) is 0 Å². The van der Waals surface area contributed by atoms with Gasteiger partial charge in [0, 0.05) is 20.2 Å². The van der Waals surface area contributed by atoms with Crippen molar-refractivity contribution >= 4 is 11.8 Å². The number of amides is 2. The van der Waals surface area contributed by atoms with Crippen LogP contribution in [0.3, 0.4) is 0 Å². The van der Waals surface area contributed by atoms with Crippen molar-refractivity contribution in [2.45, 2.75) is 51.9 Å². The molecule has 0 aromatic rings. The van der Waals surface area contributed by atoms with Gasteiger partial charge in [-0.15, -0.1) is 0 Å². The highest BCUT2D eigenvalue weighted by atomic mass is 16.5. The molecule has 19 heavy (non-hydrogen) atoms. The van der Waals surface area contributed by atoms with Crippen molar-refractivity contribution in [2.75, 3.05) is 26.8 Å². The van der Waals surface area contributed by atoms with Crippen LogP contribution < -0.4 is 10.6 Å². The SMILES string of the molecule is CCCCCCCCCNC(=O)C(=O)NCCOC. The third-order valence-corrected chi connectivity index (χ3v) is 2.86. The molecule has 0 aliphatic heterocycles. The number of hydrogen-bond donors (Lipinski definition) is 2. The highest BCUT2D eigenvalue weighted by Gasteiger charge is 2.11. The number of ether oxygens (including phenoxy) is 1. The van der Waals surface area contributed by atoms with E-state index in [1.54, 1.807) is 7.11 Å². The summed E-state index contributed by atoms with van der Waals surface area (Å²) in [5.41, 5.74) is 0. The summed E-state index contributed by atoms with van der Waals surface area (Å²) in [6.45, 7) is 3.55. The summed E-state index contributed by atoms with van der Waals surface area (Å²) in [4.78, 5) is 22.6. The molecular formula is C14H28N2O3. The molecule has 0 saturated carbocycles. The average Bonchev–Trinajstić information content (AvgIpc) is 2.41. The first-order chi connectivity index (χ1) is 9.22. The Morgan fingerprint density at radius 1 is 0.842 bits per heavy atom. The maximum atomic E-state index is 11.3. The molecule has 5 nitrogen and oxygen atoms in total. The molecule has 0 aromatic heterocycles. The Bertz CT molecular complexity index is 245. The minimum Gasteiger partial charge on any atom is -0.383 e. The standard InChI is InChI=1S/C14H28N2O3/c1-3-4-5-6-7-8-9-10-15-13(17)14(18)16-11-12-19-2/h3-12H2,1-2H3,(H,15,17)(H,16,18). The smallest absolute Gasteiger partial charge is 0.309 e. The fourth-order valence-electron chi connectivity index (χ4n) is 1.71. The van der Waals surface area contributed by atoms with E-state index < -0.39 is 11.8 Å². The monoisotopic (exact) mass is 272 g/mol. The second-order valence-corrected chi connectivity index (χ2v) is 4.63. The van der Waals surface area contributed by atoms with E-state index in [2.05, 4.69) is 17.6 Å². The lowest BCUT2D eigenvalue weighted by atomic mass is 10.1. The Balaban J connectivity index is 3.35. The zero-order valence-electron chi connectivity index (χ0n) is 12.3. The largest absolute Gasteiger partial charge is 0.383 e. The van der Waals surface area contributed by atoms with Crippen LogP contribution in [0.25, 0.3) is 0 Å². The van der Waals surface area contributed by atoms with E-state index in [4.69, 9.17) is 4.74 Å². The maximum Gasteiger partial charge on any atom is 0.309 e. The fourth-order valence-corrected chi connectivity index (χ4v) is 1.71. The lowest BCUT2D eigenvalue weighted by Gasteiger charge is -2.06. The van der Waals surface area contributed by atoms with Gasteiger partial charge >= 0.3 is 11.8 Å². The van der Waals surface area contributed by atoms with E-state index in [0.717, 1.165) is 12.8 Å². The molecule has 0 bridgehead atoms. The van der Waals surface area contributed by atoms with Gasteiger partial charge in [-0.3, -0.25) is 9.59 Å². The Morgan fingerprint density at radius 3 is 1.95 bits per heavy atom. The van der Waals surface area contributed by atoms with E-state index in [9.17, 15) is 9.59 Å². The molecule has 0 aromatic carbocycles. The van der Waals surface area contributed by atoms with Crippen molar-refractivity contribution in [1.82, 2.24) is 10.6 Å². The van der Waals surface area contributed by atoms with E-state index in [-0.39, 0.29) is 0 Å². The van der Waals surface area contributed by atoms with Crippen LogP contribution in [0.4, 0.5) is 0 Å². The molecule has 112 valence electrons. The molecule has 0 spiro atoms. The normalized spacial score (nSPS) is 10.2.